The molecule has 0 fully saturated rings. The average molecular weight is 210 g/mol. The molecule has 0 aliphatic rings. The normalized spacial score (nSPS) is 24.1. The first-order chi connectivity index (χ1) is 7.96. The SMILES string of the molecule is [2H]c1nc(C([2H])([2H])OC([2H])([2H])[2H])c([2H])c(Br)c1[2H]. The standard InChI is InChI=1S/C7H8BrNO/c1-10-5-7-4-6(8)2-3-9-7/h2-4H,5H2,1H3/i1D3,2D,3D,4D,5D2. The third kappa shape index (κ3) is 2.08. The van der Waals surface area contributed by atoms with Crippen LogP contribution < -0.4 is 0 Å². The molecular formula is C7H8BrNO. The molecule has 0 bridgehead atoms. The Morgan fingerprint density at radius 2 is 3.00 bits per heavy atom. The Kier molecular flexibility index (Phi) is 0.843. The van der Waals surface area contributed by atoms with Gasteiger partial charge in [-0.05, 0) is 12.1 Å². The second-order valence-electron chi connectivity index (χ2n) is 1.34. The first kappa shape index (κ1) is 2.29. The van der Waals surface area contributed by atoms with Crippen LogP contribution in [0.3, 0.4) is 0 Å². The van der Waals surface area contributed by atoms with Crippen LogP contribution in [0.25, 0.3) is 0 Å². The topological polar surface area (TPSA) is 22.1 Å². The van der Waals surface area contributed by atoms with Crippen LogP contribution >= 0.6 is 15.9 Å². The number of ether oxygens (including phenoxy) is 1. The summed E-state index contributed by atoms with van der Waals surface area (Å²) in [6, 6.07) is -0.904. The van der Waals surface area contributed by atoms with E-state index < -0.39 is 31.5 Å². The molecule has 0 spiro atoms. The van der Waals surface area contributed by atoms with Crippen molar-refractivity contribution in [2.45, 2.75) is 6.56 Å². The number of hydrogen-bond donors (Lipinski definition) is 0. The van der Waals surface area contributed by atoms with Crippen molar-refractivity contribution in [1.82, 2.24) is 4.98 Å². The second kappa shape index (κ2) is 3.68. The predicted molar refractivity (Wildman–Crippen MR) is 42.6 cm³/mol. The zero-order valence-electron chi connectivity index (χ0n) is 12.7. The molecule has 0 aromatic carbocycles. The average Bonchev–Trinajstić information content (AvgIpc) is 2.16. The molecule has 1 heterocycles. The van der Waals surface area contributed by atoms with Crippen LogP contribution in [0.4, 0.5) is 0 Å². The molecular weight excluding hydrogens is 194 g/mol. The van der Waals surface area contributed by atoms with Crippen molar-refractivity contribution >= 4 is 15.9 Å². The molecule has 0 amide bonds. The van der Waals surface area contributed by atoms with Gasteiger partial charge in [-0.3, -0.25) is 4.98 Å². The highest BCUT2D eigenvalue weighted by molar-refractivity contribution is 9.10. The summed E-state index contributed by atoms with van der Waals surface area (Å²) >= 11 is 2.86. The number of hydrogen-bond acceptors (Lipinski definition) is 2. The van der Waals surface area contributed by atoms with E-state index in [0.29, 0.717) is 0 Å². The smallest absolute Gasteiger partial charge is 0.0884 e. The molecule has 0 unspecified atom stereocenters. The lowest BCUT2D eigenvalue weighted by molar-refractivity contribution is 0.181. The van der Waals surface area contributed by atoms with Crippen molar-refractivity contribution in [3.05, 3.63) is 28.4 Å². The molecule has 0 N–H and O–H groups in total. The Hall–Kier alpha value is -0.410. The maximum atomic E-state index is 7.58. The first-order valence-corrected chi connectivity index (χ1v) is 3.09. The van der Waals surface area contributed by atoms with E-state index in [9.17, 15) is 0 Å². The third-order valence-electron chi connectivity index (χ3n) is 0.709. The molecule has 2 nitrogen and oxygen atoms in total. The van der Waals surface area contributed by atoms with Crippen molar-refractivity contribution in [3.63, 3.8) is 0 Å². The quantitative estimate of drug-likeness (QED) is 0.744. The monoisotopic (exact) mass is 209 g/mol. The highest BCUT2D eigenvalue weighted by Crippen LogP contribution is 2.09. The van der Waals surface area contributed by atoms with E-state index in [4.69, 9.17) is 11.0 Å². The van der Waals surface area contributed by atoms with Crippen molar-refractivity contribution in [2.75, 3.05) is 7.04 Å². The number of aromatic nitrogens is 1. The summed E-state index contributed by atoms with van der Waals surface area (Å²) in [5.74, 6) is 0. The summed E-state index contributed by atoms with van der Waals surface area (Å²) in [6.45, 7) is -2.85. The lowest BCUT2D eigenvalue weighted by Crippen LogP contribution is -1.90. The van der Waals surface area contributed by atoms with Gasteiger partial charge in [-0.1, -0.05) is 15.9 Å². The van der Waals surface area contributed by atoms with Crippen molar-refractivity contribution in [3.8, 4) is 0 Å². The van der Waals surface area contributed by atoms with E-state index in [1.165, 1.54) is 0 Å². The maximum absolute atomic E-state index is 7.58. The summed E-state index contributed by atoms with van der Waals surface area (Å²) in [6.07, 6.45) is -0.578. The van der Waals surface area contributed by atoms with E-state index in [2.05, 4.69) is 25.7 Å². The first-order valence-electron chi connectivity index (χ1n) is 6.29. The Morgan fingerprint density at radius 3 is 3.80 bits per heavy atom. The predicted octanol–water partition coefficient (Wildman–Crippen LogP) is 1.99. The summed E-state index contributed by atoms with van der Waals surface area (Å²) < 4.78 is 61.8. The zero-order chi connectivity index (χ0) is 14.3. The summed E-state index contributed by atoms with van der Waals surface area (Å²) in [7, 11) is -3.01. The third-order valence-corrected chi connectivity index (χ3v) is 1.11. The Balaban J connectivity index is 3.33. The van der Waals surface area contributed by atoms with Gasteiger partial charge in [0.05, 0.1) is 23.2 Å². The van der Waals surface area contributed by atoms with E-state index in [1.807, 2.05) is 0 Å². The number of nitrogens with zero attached hydrogens (tertiary/aromatic N) is 1. The van der Waals surface area contributed by atoms with Gasteiger partial charge in [0.2, 0.25) is 0 Å². The van der Waals surface area contributed by atoms with Gasteiger partial charge in [0, 0.05) is 17.7 Å². The molecule has 10 heavy (non-hydrogen) atoms. The van der Waals surface area contributed by atoms with Gasteiger partial charge in [-0.15, -0.1) is 0 Å². The van der Waals surface area contributed by atoms with E-state index in [1.54, 1.807) is 0 Å². The molecule has 1 aromatic heterocycles. The Bertz CT molecular complexity index is 473. The lowest BCUT2D eigenvalue weighted by atomic mass is 10.4. The van der Waals surface area contributed by atoms with Crippen LogP contribution in [0.2, 0.25) is 0 Å². The fourth-order valence-electron chi connectivity index (χ4n) is 0.393. The fourth-order valence-corrected chi connectivity index (χ4v) is 0.669. The van der Waals surface area contributed by atoms with Crippen LogP contribution in [0.5, 0.6) is 0 Å². The number of rotatable bonds is 2. The highest BCUT2D eigenvalue weighted by atomic mass is 79.9. The minimum absolute atomic E-state index is 0.143. The molecule has 0 saturated heterocycles. The van der Waals surface area contributed by atoms with E-state index in [-0.39, 0.29) is 10.5 Å². The van der Waals surface area contributed by atoms with Gasteiger partial charge < -0.3 is 4.74 Å². The Labute approximate surface area is 79.6 Å². The molecule has 0 atom stereocenters. The van der Waals surface area contributed by atoms with Gasteiger partial charge in [0.1, 0.15) is 0 Å². The summed E-state index contributed by atoms with van der Waals surface area (Å²) in [5, 5.41) is 0. The molecule has 1 aromatic rings. The van der Waals surface area contributed by atoms with Crippen molar-refractivity contribution < 1.29 is 15.7 Å². The molecule has 0 radical (unpaired) electrons. The van der Waals surface area contributed by atoms with Gasteiger partial charge >= 0.3 is 0 Å². The molecule has 0 aliphatic heterocycles. The van der Waals surface area contributed by atoms with Gasteiger partial charge in [0.15, 0.2) is 0 Å². The van der Waals surface area contributed by atoms with Crippen LogP contribution in [-0.2, 0) is 11.3 Å². The van der Waals surface area contributed by atoms with Crippen LogP contribution in [-0.4, -0.2) is 12.0 Å². The van der Waals surface area contributed by atoms with Crippen molar-refractivity contribution in [1.29, 1.82) is 0 Å². The molecule has 54 valence electrons. The molecule has 0 saturated carbocycles. The Morgan fingerprint density at radius 1 is 2.10 bits per heavy atom. The lowest BCUT2D eigenvalue weighted by Gasteiger charge is -1.96. The van der Waals surface area contributed by atoms with Crippen molar-refractivity contribution in [2.24, 2.45) is 0 Å². The van der Waals surface area contributed by atoms with Gasteiger partial charge in [0.25, 0.3) is 0 Å². The number of halogens is 1. The van der Waals surface area contributed by atoms with Crippen LogP contribution in [0.1, 0.15) is 16.7 Å². The minimum atomic E-state index is -3.01. The molecule has 0 aliphatic carbocycles. The second-order valence-corrected chi connectivity index (χ2v) is 2.13. The fraction of sp³-hybridized carbons (Fsp3) is 0.286. The summed E-state index contributed by atoms with van der Waals surface area (Å²) in [5.41, 5.74) is -0.661. The number of methoxy groups -OCH3 is 1. The van der Waals surface area contributed by atoms with Crippen LogP contribution in [0.15, 0.2) is 22.7 Å². The zero-order valence-corrected chi connectivity index (χ0v) is 6.32. The van der Waals surface area contributed by atoms with E-state index in [0.717, 1.165) is 0 Å². The maximum Gasteiger partial charge on any atom is 0.0884 e. The molecule has 1 rings (SSSR count). The highest BCUT2D eigenvalue weighted by Gasteiger charge is 1.91. The summed E-state index contributed by atoms with van der Waals surface area (Å²) in [4.78, 5) is 3.40. The van der Waals surface area contributed by atoms with E-state index >= 15 is 0 Å². The molecule has 3 heteroatoms. The minimum Gasteiger partial charge on any atom is -0.378 e. The van der Waals surface area contributed by atoms with Gasteiger partial charge in [-0.2, -0.15) is 0 Å². The van der Waals surface area contributed by atoms with Crippen LogP contribution in [0, 0.1) is 0 Å². The number of pyridine rings is 1. The van der Waals surface area contributed by atoms with Gasteiger partial charge in [-0.25, -0.2) is 0 Å². The largest absolute Gasteiger partial charge is 0.378 e.